The van der Waals surface area contributed by atoms with E-state index in [1.807, 2.05) is 25.1 Å². The van der Waals surface area contributed by atoms with Crippen molar-refractivity contribution in [2.45, 2.75) is 25.3 Å². The molecule has 0 aromatic heterocycles. The van der Waals surface area contributed by atoms with E-state index in [9.17, 15) is 4.79 Å². The molecule has 17 heavy (non-hydrogen) atoms. The summed E-state index contributed by atoms with van der Waals surface area (Å²) in [6.07, 6.45) is 1.10. The van der Waals surface area contributed by atoms with Gasteiger partial charge in [0.2, 0.25) is 0 Å². The average molecular weight is 234 g/mol. The van der Waals surface area contributed by atoms with E-state index in [2.05, 4.69) is 17.4 Å². The summed E-state index contributed by atoms with van der Waals surface area (Å²) in [4.78, 5) is 11.3. The topological polar surface area (TPSA) is 52.6 Å². The fourth-order valence-electron chi connectivity index (χ4n) is 2.25. The number of rotatable bonds is 3. The lowest BCUT2D eigenvalue weighted by molar-refractivity contribution is -0.0194. The smallest absolute Gasteiger partial charge is 0.333 e. The Morgan fingerprint density at radius 3 is 2.71 bits per heavy atom. The fourth-order valence-corrected chi connectivity index (χ4v) is 2.25. The van der Waals surface area contributed by atoms with Gasteiger partial charge in [0, 0.05) is 13.1 Å². The zero-order valence-electron chi connectivity index (χ0n) is 10.1. The van der Waals surface area contributed by atoms with E-state index in [0.717, 1.165) is 6.42 Å². The van der Waals surface area contributed by atoms with Crippen LogP contribution in [0.2, 0.25) is 0 Å². The van der Waals surface area contributed by atoms with Crippen molar-refractivity contribution in [1.29, 1.82) is 0 Å². The number of nitrogens with zero attached hydrogens (tertiary/aromatic N) is 1. The minimum Gasteiger partial charge on any atom is -0.333 e. The van der Waals surface area contributed by atoms with Crippen molar-refractivity contribution in [3.05, 3.63) is 35.9 Å². The summed E-state index contributed by atoms with van der Waals surface area (Å²) >= 11 is 0. The van der Waals surface area contributed by atoms with Gasteiger partial charge in [-0.3, -0.25) is 5.21 Å². The van der Waals surface area contributed by atoms with Crippen molar-refractivity contribution in [1.82, 2.24) is 10.4 Å². The van der Waals surface area contributed by atoms with Gasteiger partial charge < -0.3 is 5.32 Å². The Morgan fingerprint density at radius 2 is 2.12 bits per heavy atom. The van der Waals surface area contributed by atoms with Crippen LogP contribution in [-0.2, 0) is 0 Å². The maximum absolute atomic E-state index is 11.3. The molecule has 1 aliphatic rings. The van der Waals surface area contributed by atoms with Crippen LogP contribution in [0.25, 0.3) is 0 Å². The normalized spacial score (nSPS) is 23.9. The third-order valence-electron chi connectivity index (χ3n) is 3.35. The summed E-state index contributed by atoms with van der Waals surface area (Å²) < 4.78 is 0. The molecule has 3 atom stereocenters. The van der Waals surface area contributed by atoms with E-state index in [1.54, 1.807) is 0 Å². The van der Waals surface area contributed by atoms with E-state index in [1.165, 1.54) is 12.6 Å². The monoisotopic (exact) mass is 234 g/mol. The van der Waals surface area contributed by atoms with Crippen LogP contribution in [-0.4, -0.2) is 29.4 Å². The van der Waals surface area contributed by atoms with Crippen LogP contribution in [0.4, 0.5) is 4.79 Å². The summed E-state index contributed by atoms with van der Waals surface area (Å²) in [5, 5.41) is 12.3. The number of amides is 2. The Kier molecular flexibility index (Phi) is 3.33. The molecular weight excluding hydrogens is 216 g/mol. The molecule has 92 valence electrons. The van der Waals surface area contributed by atoms with E-state index in [-0.39, 0.29) is 6.04 Å². The minimum absolute atomic E-state index is 0.0855. The SMILES string of the molecule is CC(NC(=O)N(C)O)C1CC1c1ccccc1. The Morgan fingerprint density at radius 1 is 1.47 bits per heavy atom. The van der Waals surface area contributed by atoms with Gasteiger partial charge in [0.15, 0.2) is 0 Å². The Labute approximate surface area is 101 Å². The molecule has 3 unspecified atom stereocenters. The molecule has 1 aromatic rings. The summed E-state index contributed by atoms with van der Waals surface area (Å²) in [5.41, 5.74) is 1.33. The highest BCUT2D eigenvalue weighted by Gasteiger charge is 2.42. The van der Waals surface area contributed by atoms with Crippen molar-refractivity contribution in [3.8, 4) is 0 Å². The highest BCUT2D eigenvalue weighted by molar-refractivity contribution is 5.72. The van der Waals surface area contributed by atoms with Gasteiger partial charge in [0.05, 0.1) is 0 Å². The predicted octanol–water partition coefficient (Wildman–Crippen LogP) is 2.21. The van der Waals surface area contributed by atoms with Crippen LogP contribution < -0.4 is 5.32 Å². The maximum atomic E-state index is 11.3. The highest BCUT2D eigenvalue weighted by Crippen LogP contribution is 2.49. The standard InChI is InChI=1S/C13H18N2O2/c1-9(14-13(16)15(2)17)11-8-12(11)10-6-4-3-5-7-10/h3-7,9,11-12,17H,8H2,1-2H3,(H,14,16). The van der Waals surface area contributed by atoms with Crippen LogP contribution in [0.15, 0.2) is 30.3 Å². The van der Waals surface area contributed by atoms with E-state index >= 15 is 0 Å². The van der Waals surface area contributed by atoms with Gasteiger partial charge in [-0.25, -0.2) is 9.86 Å². The van der Waals surface area contributed by atoms with Crippen LogP contribution in [0, 0.1) is 5.92 Å². The number of benzene rings is 1. The molecule has 1 fully saturated rings. The van der Waals surface area contributed by atoms with Gasteiger partial charge in [-0.1, -0.05) is 30.3 Å². The van der Waals surface area contributed by atoms with Gasteiger partial charge in [0.1, 0.15) is 0 Å². The van der Waals surface area contributed by atoms with Crippen LogP contribution in [0.5, 0.6) is 0 Å². The molecule has 1 aliphatic carbocycles. The molecule has 0 bridgehead atoms. The lowest BCUT2D eigenvalue weighted by atomic mass is 10.1. The number of hydrogen-bond donors (Lipinski definition) is 2. The molecule has 2 rings (SSSR count). The van der Waals surface area contributed by atoms with Gasteiger partial charge in [-0.05, 0) is 30.7 Å². The Hall–Kier alpha value is -1.55. The van der Waals surface area contributed by atoms with Crippen molar-refractivity contribution >= 4 is 6.03 Å². The third kappa shape index (κ3) is 2.77. The molecule has 2 N–H and O–H groups in total. The largest absolute Gasteiger partial charge is 0.341 e. The van der Waals surface area contributed by atoms with Gasteiger partial charge in [-0.15, -0.1) is 0 Å². The molecule has 0 aliphatic heterocycles. The third-order valence-corrected chi connectivity index (χ3v) is 3.35. The molecule has 0 radical (unpaired) electrons. The predicted molar refractivity (Wildman–Crippen MR) is 64.8 cm³/mol. The summed E-state index contributed by atoms with van der Waals surface area (Å²) in [5.74, 6) is 1.01. The second-order valence-corrected chi connectivity index (χ2v) is 4.68. The molecular formula is C13H18N2O2. The first-order valence-electron chi connectivity index (χ1n) is 5.87. The second-order valence-electron chi connectivity index (χ2n) is 4.68. The molecule has 4 heteroatoms. The molecule has 1 aromatic carbocycles. The first kappa shape index (κ1) is 11.9. The average Bonchev–Trinajstić information content (AvgIpc) is 3.10. The Balaban J connectivity index is 1.88. The number of urea groups is 1. The number of carbonyl (C=O) groups is 1. The zero-order chi connectivity index (χ0) is 12.4. The van der Waals surface area contributed by atoms with E-state index in [0.29, 0.717) is 16.9 Å². The first-order valence-corrected chi connectivity index (χ1v) is 5.87. The van der Waals surface area contributed by atoms with Crippen LogP contribution >= 0.6 is 0 Å². The second kappa shape index (κ2) is 4.75. The van der Waals surface area contributed by atoms with Crippen LogP contribution in [0.3, 0.4) is 0 Å². The number of hydrogen-bond acceptors (Lipinski definition) is 2. The maximum Gasteiger partial charge on any atom is 0.341 e. The van der Waals surface area contributed by atoms with Crippen molar-refractivity contribution in [3.63, 3.8) is 0 Å². The lowest BCUT2D eigenvalue weighted by Crippen LogP contribution is -2.41. The quantitative estimate of drug-likeness (QED) is 0.622. The van der Waals surface area contributed by atoms with E-state index in [4.69, 9.17) is 5.21 Å². The van der Waals surface area contributed by atoms with Crippen molar-refractivity contribution in [2.24, 2.45) is 5.92 Å². The minimum atomic E-state index is -0.448. The number of nitrogens with one attached hydrogen (secondary N) is 1. The molecule has 2 amide bonds. The fraction of sp³-hybridized carbons (Fsp3) is 0.462. The molecule has 4 nitrogen and oxygen atoms in total. The molecule has 0 heterocycles. The van der Waals surface area contributed by atoms with Crippen LogP contribution in [0.1, 0.15) is 24.8 Å². The van der Waals surface area contributed by atoms with Gasteiger partial charge in [0.25, 0.3) is 0 Å². The zero-order valence-corrected chi connectivity index (χ0v) is 10.1. The molecule has 0 saturated heterocycles. The van der Waals surface area contributed by atoms with Gasteiger partial charge >= 0.3 is 6.03 Å². The van der Waals surface area contributed by atoms with E-state index < -0.39 is 6.03 Å². The number of hydroxylamine groups is 2. The summed E-state index contributed by atoms with van der Waals surface area (Å²) in [6.45, 7) is 1.98. The molecule has 1 saturated carbocycles. The highest BCUT2D eigenvalue weighted by atomic mass is 16.5. The summed E-state index contributed by atoms with van der Waals surface area (Å²) in [7, 11) is 1.32. The lowest BCUT2D eigenvalue weighted by Gasteiger charge is -2.16. The molecule has 0 spiro atoms. The van der Waals surface area contributed by atoms with Gasteiger partial charge in [-0.2, -0.15) is 0 Å². The summed E-state index contributed by atoms with van der Waals surface area (Å²) in [6, 6.07) is 9.96. The Bertz CT molecular complexity index is 392. The van der Waals surface area contributed by atoms with Crippen molar-refractivity contribution < 1.29 is 10.0 Å². The van der Waals surface area contributed by atoms with Crippen molar-refractivity contribution in [2.75, 3.05) is 7.05 Å². The first-order chi connectivity index (χ1) is 8.09. The number of carbonyl (C=O) groups excluding carboxylic acids is 1.